The van der Waals surface area contributed by atoms with Gasteiger partial charge in [-0.1, -0.05) is 36.4 Å². The number of allylic oxidation sites excluding steroid dienone is 3. The van der Waals surface area contributed by atoms with Crippen LogP contribution in [0.25, 0.3) is 5.57 Å². The van der Waals surface area contributed by atoms with Crippen LogP contribution in [-0.4, -0.2) is 11.7 Å². The van der Waals surface area contributed by atoms with Crippen molar-refractivity contribution in [3.63, 3.8) is 0 Å². The number of fused-ring (bicyclic) bond motifs is 3. The molecule has 0 radical (unpaired) electrons. The smallest absolute Gasteiger partial charge is 0.0540 e. The monoisotopic (exact) mass is 198 g/mol. The summed E-state index contributed by atoms with van der Waals surface area (Å²) in [5, 5.41) is 9.48. The van der Waals surface area contributed by atoms with E-state index >= 15 is 0 Å². The van der Waals surface area contributed by atoms with Gasteiger partial charge in [0, 0.05) is 5.92 Å². The maximum absolute atomic E-state index is 9.48. The van der Waals surface area contributed by atoms with Crippen LogP contribution in [0.15, 0.2) is 42.0 Å². The Bertz CT molecular complexity index is 454. The maximum Gasteiger partial charge on any atom is 0.0540 e. The molecule has 2 aliphatic rings. The second kappa shape index (κ2) is 3.35. The van der Waals surface area contributed by atoms with Crippen molar-refractivity contribution >= 4 is 5.57 Å². The standard InChI is InChI=1S/C14H14O/c15-9-14-12-7-3-1-5-10(12)11-6-2-4-8-13(11)14/h1,3,5-8,14-15H,2,4,9H2. The van der Waals surface area contributed by atoms with Crippen molar-refractivity contribution in [3.05, 3.63) is 53.1 Å². The third kappa shape index (κ3) is 1.20. The molecule has 1 aromatic carbocycles. The molecule has 0 aromatic heterocycles. The molecular weight excluding hydrogens is 184 g/mol. The van der Waals surface area contributed by atoms with Crippen LogP contribution in [0.5, 0.6) is 0 Å². The minimum atomic E-state index is 0.216. The van der Waals surface area contributed by atoms with Crippen molar-refractivity contribution in [2.45, 2.75) is 18.8 Å². The first kappa shape index (κ1) is 8.93. The van der Waals surface area contributed by atoms with Gasteiger partial charge in [-0.25, -0.2) is 0 Å². The highest BCUT2D eigenvalue weighted by Gasteiger charge is 2.30. The van der Waals surface area contributed by atoms with E-state index in [9.17, 15) is 5.11 Å². The molecule has 2 aliphatic carbocycles. The second-order valence-electron chi connectivity index (χ2n) is 4.18. The van der Waals surface area contributed by atoms with Gasteiger partial charge in [0.05, 0.1) is 6.61 Å². The predicted molar refractivity (Wildman–Crippen MR) is 61.6 cm³/mol. The fourth-order valence-electron chi connectivity index (χ4n) is 2.70. The zero-order chi connectivity index (χ0) is 10.3. The second-order valence-corrected chi connectivity index (χ2v) is 4.18. The van der Waals surface area contributed by atoms with E-state index in [1.165, 1.54) is 22.3 Å². The summed E-state index contributed by atoms with van der Waals surface area (Å²) >= 11 is 0. The molecule has 0 saturated heterocycles. The van der Waals surface area contributed by atoms with Crippen LogP contribution in [-0.2, 0) is 0 Å². The molecule has 1 unspecified atom stereocenters. The van der Waals surface area contributed by atoms with Gasteiger partial charge in [-0.2, -0.15) is 0 Å². The Balaban J connectivity index is 2.22. The van der Waals surface area contributed by atoms with Crippen LogP contribution < -0.4 is 0 Å². The molecular formula is C14H14O. The van der Waals surface area contributed by atoms with Gasteiger partial charge in [-0.3, -0.25) is 0 Å². The Kier molecular flexibility index (Phi) is 2.00. The van der Waals surface area contributed by atoms with Crippen molar-refractivity contribution in [2.75, 3.05) is 6.61 Å². The van der Waals surface area contributed by atoms with E-state index in [0.29, 0.717) is 0 Å². The minimum absolute atomic E-state index is 0.216. The highest BCUT2D eigenvalue weighted by molar-refractivity contribution is 5.88. The molecule has 76 valence electrons. The average Bonchev–Trinajstić information content (AvgIpc) is 2.63. The molecule has 0 bridgehead atoms. The van der Waals surface area contributed by atoms with Crippen molar-refractivity contribution in [1.82, 2.24) is 0 Å². The maximum atomic E-state index is 9.48. The summed E-state index contributed by atoms with van der Waals surface area (Å²) in [6.45, 7) is 0.222. The van der Waals surface area contributed by atoms with Crippen LogP contribution in [0.2, 0.25) is 0 Å². The quantitative estimate of drug-likeness (QED) is 0.735. The first-order valence-electron chi connectivity index (χ1n) is 5.52. The SMILES string of the molecule is OCC1C2=CCCC=C2c2ccccc21. The number of hydrogen-bond donors (Lipinski definition) is 1. The highest BCUT2D eigenvalue weighted by atomic mass is 16.3. The third-order valence-corrected chi connectivity index (χ3v) is 3.37. The van der Waals surface area contributed by atoms with Crippen LogP contribution in [0.1, 0.15) is 29.9 Å². The number of rotatable bonds is 1. The number of benzene rings is 1. The molecule has 0 spiro atoms. The lowest BCUT2D eigenvalue weighted by Crippen LogP contribution is -2.02. The van der Waals surface area contributed by atoms with Gasteiger partial charge in [0.2, 0.25) is 0 Å². The highest BCUT2D eigenvalue weighted by Crippen LogP contribution is 2.47. The zero-order valence-corrected chi connectivity index (χ0v) is 8.61. The molecule has 1 aromatic rings. The van der Waals surface area contributed by atoms with Gasteiger partial charge in [-0.05, 0) is 35.1 Å². The lowest BCUT2D eigenvalue weighted by molar-refractivity contribution is 0.282. The van der Waals surface area contributed by atoms with Crippen molar-refractivity contribution in [3.8, 4) is 0 Å². The Morgan fingerprint density at radius 3 is 2.80 bits per heavy atom. The van der Waals surface area contributed by atoms with Crippen LogP contribution in [0.3, 0.4) is 0 Å². The Hall–Kier alpha value is -1.34. The molecule has 3 rings (SSSR count). The van der Waals surface area contributed by atoms with E-state index in [1.54, 1.807) is 0 Å². The minimum Gasteiger partial charge on any atom is -0.395 e. The average molecular weight is 198 g/mol. The number of aliphatic hydroxyl groups excluding tert-OH is 1. The first-order chi connectivity index (χ1) is 7.42. The first-order valence-corrected chi connectivity index (χ1v) is 5.52. The van der Waals surface area contributed by atoms with Gasteiger partial charge in [0.1, 0.15) is 0 Å². The molecule has 1 nitrogen and oxygen atoms in total. The van der Waals surface area contributed by atoms with Gasteiger partial charge >= 0.3 is 0 Å². The third-order valence-electron chi connectivity index (χ3n) is 3.37. The summed E-state index contributed by atoms with van der Waals surface area (Å²) in [4.78, 5) is 0. The molecule has 15 heavy (non-hydrogen) atoms. The zero-order valence-electron chi connectivity index (χ0n) is 8.61. The van der Waals surface area contributed by atoms with Gasteiger partial charge < -0.3 is 5.11 Å². The summed E-state index contributed by atoms with van der Waals surface area (Å²) in [5.74, 6) is 0.216. The summed E-state index contributed by atoms with van der Waals surface area (Å²) < 4.78 is 0. The van der Waals surface area contributed by atoms with E-state index < -0.39 is 0 Å². The van der Waals surface area contributed by atoms with Crippen molar-refractivity contribution in [1.29, 1.82) is 0 Å². The number of aliphatic hydroxyl groups is 1. The number of hydrogen-bond acceptors (Lipinski definition) is 1. The fraction of sp³-hybridized carbons (Fsp3) is 0.286. The fourth-order valence-corrected chi connectivity index (χ4v) is 2.70. The Morgan fingerprint density at radius 1 is 1.13 bits per heavy atom. The molecule has 0 aliphatic heterocycles. The molecule has 1 N–H and O–H groups in total. The van der Waals surface area contributed by atoms with Crippen molar-refractivity contribution < 1.29 is 5.11 Å². The van der Waals surface area contributed by atoms with Crippen LogP contribution >= 0.6 is 0 Å². The molecule has 1 heteroatoms. The largest absolute Gasteiger partial charge is 0.395 e. The van der Waals surface area contributed by atoms with E-state index in [-0.39, 0.29) is 12.5 Å². The van der Waals surface area contributed by atoms with Crippen LogP contribution in [0.4, 0.5) is 0 Å². The molecule has 0 fully saturated rings. The lowest BCUT2D eigenvalue weighted by Gasteiger charge is -2.13. The Labute approximate surface area is 89.8 Å². The predicted octanol–water partition coefficient (Wildman–Crippen LogP) is 2.88. The molecule has 0 amide bonds. The summed E-state index contributed by atoms with van der Waals surface area (Å²) in [5.41, 5.74) is 5.31. The summed E-state index contributed by atoms with van der Waals surface area (Å²) in [7, 11) is 0. The van der Waals surface area contributed by atoms with E-state index in [0.717, 1.165) is 12.8 Å². The molecule has 0 heterocycles. The van der Waals surface area contributed by atoms with Gasteiger partial charge in [0.15, 0.2) is 0 Å². The normalized spacial score (nSPS) is 22.9. The van der Waals surface area contributed by atoms with Crippen LogP contribution in [0, 0.1) is 0 Å². The lowest BCUT2D eigenvalue weighted by atomic mass is 9.93. The molecule has 1 atom stereocenters. The Morgan fingerprint density at radius 2 is 1.93 bits per heavy atom. The molecule has 0 saturated carbocycles. The van der Waals surface area contributed by atoms with E-state index in [1.807, 2.05) is 0 Å². The van der Waals surface area contributed by atoms with E-state index in [4.69, 9.17) is 0 Å². The summed E-state index contributed by atoms with van der Waals surface area (Å²) in [6.07, 6.45) is 6.84. The topological polar surface area (TPSA) is 20.2 Å². The van der Waals surface area contributed by atoms with Gasteiger partial charge in [0.25, 0.3) is 0 Å². The van der Waals surface area contributed by atoms with Gasteiger partial charge in [-0.15, -0.1) is 0 Å². The van der Waals surface area contributed by atoms with Crippen molar-refractivity contribution in [2.24, 2.45) is 0 Å². The van der Waals surface area contributed by atoms with E-state index in [2.05, 4.69) is 36.4 Å². The summed E-state index contributed by atoms with van der Waals surface area (Å²) in [6, 6.07) is 8.43.